The van der Waals surface area contributed by atoms with Crippen LogP contribution in [0.25, 0.3) is 6.08 Å². The lowest BCUT2D eigenvalue weighted by Crippen LogP contribution is -2.03. The number of carbonyl (C=O) groups is 2. The highest BCUT2D eigenvalue weighted by Crippen LogP contribution is 2.23. The summed E-state index contributed by atoms with van der Waals surface area (Å²) in [5.41, 5.74) is 0.606. The third kappa shape index (κ3) is 3.88. The van der Waals surface area contributed by atoms with Crippen molar-refractivity contribution in [2.45, 2.75) is 0 Å². The number of benzene rings is 2. The summed E-state index contributed by atoms with van der Waals surface area (Å²) in [5.74, 6) is -0.930. The Kier molecular flexibility index (Phi) is 4.99. The molecule has 2 aromatic rings. The van der Waals surface area contributed by atoms with E-state index in [-0.39, 0.29) is 22.6 Å². The molecule has 6 nitrogen and oxygen atoms in total. The molecule has 0 saturated heterocycles. The predicted molar refractivity (Wildman–Crippen MR) is 84.0 cm³/mol. The van der Waals surface area contributed by atoms with Crippen LogP contribution in [0.1, 0.15) is 21.5 Å². The van der Waals surface area contributed by atoms with Gasteiger partial charge in [0.1, 0.15) is 0 Å². The zero-order valence-electron chi connectivity index (χ0n) is 12.3. The standard InChI is InChI=1S/C17H13NO5/c1-23-16(19)10-9-12-7-8-14(11-15(12)18(21)22)17(20)13-5-3-2-4-6-13/h2-11H,1H3. The molecular formula is C17H13NO5. The van der Waals surface area contributed by atoms with Crippen LogP contribution in [0.5, 0.6) is 0 Å². The maximum absolute atomic E-state index is 12.3. The number of rotatable bonds is 5. The molecule has 0 spiro atoms. The number of esters is 1. The van der Waals surface area contributed by atoms with E-state index >= 15 is 0 Å². The van der Waals surface area contributed by atoms with E-state index in [1.54, 1.807) is 30.3 Å². The molecule has 0 radical (unpaired) electrons. The Morgan fingerprint density at radius 3 is 2.39 bits per heavy atom. The molecule has 2 rings (SSSR count). The first-order valence-corrected chi connectivity index (χ1v) is 6.67. The van der Waals surface area contributed by atoms with E-state index in [0.29, 0.717) is 5.56 Å². The zero-order chi connectivity index (χ0) is 16.8. The van der Waals surface area contributed by atoms with Gasteiger partial charge in [0.2, 0.25) is 0 Å². The summed E-state index contributed by atoms with van der Waals surface area (Å²) in [6.45, 7) is 0. The number of carbonyl (C=O) groups excluding carboxylic acids is 2. The van der Waals surface area contributed by atoms with Gasteiger partial charge in [-0.3, -0.25) is 14.9 Å². The Bertz CT molecular complexity index is 781. The van der Waals surface area contributed by atoms with Gasteiger partial charge in [0.15, 0.2) is 5.78 Å². The Morgan fingerprint density at radius 2 is 1.78 bits per heavy atom. The second-order valence-corrected chi connectivity index (χ2v) is 4.58. The lowest BCUT2D eigenvalue weighted by atomic mass is 10.0. The molecule has 23 heavy (non-hydrogen) atoms. The van der Waals surface area contributed by atoms with Crippen molar-refractivity contribution in [1.82, 2.24) is 0 Å². The summed E-state index contributed by atoms with van der Waals surface area (Å²) in [6, 6.07) is 12.6. The Hall–Kier alpha value is -3.28. The largest absolute Gasteiger partial charge is 0.466 e. The number of methoxy groups -OCH3 is 1. The molecule has 0 atom stereocenters. The number of hydrogen-bond donors (Lipinski definition) is 0. The van der Waals surface area contributed by atoms with Gasteiger partial charge >= 0.3 is 5.97 Å². The molecule has 0 heterocycles. The van der Waals surface area contributed by atoms with Crippen LogP contribution < -0.4 is 0 Å². The maximum Gasteiger partial charge on any atom is 0.330 e. The van der Waals surface area contributed by atoms with Crippen molar-refractivity contribution >= 4 is 23.5 Å². The monoisotopic (exact) mass is 311 g/mol. The fraction of sp³-hybridized carbons (Fsp3) is 0.0588. The van der Waals surface area contributed by atoms with Crippen molar-refractivity contribution in [3.8, 4) is 0 Å². The molecule has 0 N–H and O–H groups in total. The zero-order valence-corrected chi connectivity index (χ0v) is 12.3. The van der Waals surface area contributed by atoms with Crippen LogP contribution in [-0.2, 0) is 9.53 Å². The van der Waals surface area contributed by atoms with E-state index in [4.69, 9.17) is 0 Å². The number of nitro benzene ring substituents is 1. The fourth-order valence-corrected chi connectivity index (χ4v) is 1.97. The first-order valence-electron chi connectivity index (χ1n) is 6.67. The van der Waals surface area contributed by atoms with Crippen LogP contribution in [0.2, 0.25) is 0 Å². The molecule has 0 fully saturated rings. The van der Waals surface area contributed by atoms with Crippen LogP contribution in [-0.4, -0.2) is 23.8 Å². The van der Waals surface area contributed by atoms with Crippen LogP contribution in [0.3, 0.4) is 0 Å². The third-order valence-electron chi connectivity index (χ3n) is 3.13. The van der Waals surface area contributed by atoms with Gasteiger partial charge in [-0.05, 0) is 18.2 Å². The predicted octanol–water partition coefficient (Wildman–Crippen LogP) is 3.01. The number of ketones is 1. The van der Waals surface area contributed by atoms with Gasteiger partial charge in [0.25, 0.3) is 5.69 Å². The normalized spacial score (nSPS) is 10.5. The molecule has 2 aromatic carbocycles. The molecule has 0 amide bonds. The van der Waals surface area contributed by atoms with E-state index in [1.807, 2.05) is 0 Å². The first-order chi connectivity index (χ1) is 11.0. The Balaban J connectivity index is 2.40. The Morgan fingerprint density at radius 1 is 1.09 bits per heavy atom. The van der Waals surface area contributed by atoms with E-state index < -0.39 is 10.9 Å². The highest BCUT2D eigenvalue weighted by atomic mass is 16.6. The fourth-order valence-electron chi connectivity index (χ4n) is 1.97. The molecule has 0 aromatic heterocycles. The van der Waals surface area contributed by atoms with Gasteiger partial charge in [-0.15, -0.1) is 0 Å². The number of ether oxygens (including phenoxy) is 1. The van der Waals surface area contributed by atoms with E-state index in [9.17, 15) is 19.7 Å². The van der Waals surface area contributed by atoms with Crippen LogP contribution in [0.4, 0.5) is 5.69 Å². The van der Waals surface area contributed by atoms with Gasteiger partial charge in [-0.25, -0.2) is 4.79 Å². The summed E-state index contributed by atoms with van der Waals surface area (Å²) in [6.07, 6.45) is 2.36. The molecule has 0 saturated carbocycles. The van der Waals surface area contributed by atoms with Crippen molar-refractivity contribution in [3.63, 3.8) is 0 Å². The summed E-state index contributed by atoms with van der Waals surface area (Å²) in [4.78, 5) is 34.0. The molecule has 0 aliphatic carbocycles. The molecule has 116 valence electrons. The topological polar surface area (TPSA) is 86.5 Å². The van der Waals surface area contributed by atoms with E-state index in [2.05, 4.69) is 4.74 Å². The van der Waals surface area contributed by atoms with Crippen molar-refractivity contribution in [3.05, 3.63) is 81.4 Å². The summed E-state index contributed by atoms with van der Waals surface area (Å²) in [5, 5.41) is 11.2. The molecule has 0 aliphatic rings. The van der Waals surface area contributed by atoms with Gasteiger partial charge in [-0.1, -0.05) is 30.3 Å². The third-order valence-corrected chi connectivity index (χ3v) is 3.13. The summed E-state index contributed by atoms with van der Waals surface area (Å²) < 4.78 is 4.44. The molecule has 0 bridgehead atoms. The van der Waals surface area contributed by atoms with Gasteiger partial charge in [0, 0.05) is 23.3 Å². The van der Waals surface area contributed by atoms with Crippen LogP contribution >= 0.6 is 0 Å². The lowest BCUT2D eigenvalue weighted by Gasteiger charge is -2.03. The number of nitrogens with zero attached hydrogens (tertiary/aromatic N) is 1. The minimum Gasteiger partial charge on any atom is -0.466 e. The molecule has 0 aliphatic heterocycles. The van der Waals surface area contributed by atoms with Crippen LogP contribution in [0, 0.1) is 10.1 Å². The Labute approximate surface area is 132 Å². The lowest BCUT2D eigenvalue weighted by molar-refractivity contribution is -0.385. The number of nitro groups is 1. The summed E-state index contributed by atoms with van der Waals surface area (Å²) in [7, 11) is 1.21. The quantitative estimate of drug-likeness (QED) is 0.278. The highest BCUT2D eigenvalue weighted by molar-refractivity contribution is 6.09. The van der Waals surface area contributed by atoms with Crippen molar-refractivity contribution in [1.29, 1.82) is 0 Å². The number of hydrogen-bond acceptors (Lipinski definition) is 5. The molecule has 0 unspecified atom stereocenters. The maximum atomic E-state index is 12.3. The SMILES string of the molecule is COC(=O)C=Cc1ccc(C(=O)c2ccccc2)cc1[N+](=O)[O-]. The van der Waals surface area contributed by atoms with Crippen molar-refractivity contribution in [2.24, 2.45) is 0 Å². The first kappa shape index (κ1) is 16.1. The molecular weight excluding hydrogens is 298 g/mol. The van der Waals surface area contributed by atoms with E-state index in [1.165, 1.54) is 31.4 Å². The van der Waals surface area contributed by atoms with Crippen molar-refractivity contribution < 1.29 is 19.2 Å². The van der Waals surface area contributed by atoms with Gasteiger partial charge < -0.3 is 4.74 Å². The highest BCUT2D eigenvalue weighted by Gasteiger charge is 2.17. The second kappa shape index (κ2) is 7.13. The average Bonchev–Trinajstić information content (AvgIpc) is 2.59. The van der Waals surface area contributed by atoms with E-state index in [0.717, 1.165) is 6.08 Å². The smallest absolute Gasteiger partial charge is 0.330 e. The van der Waals surface area contributed by atoms with Gasteiger partial charge in [0.05, 0.1) is 17.6 Å². The minimum atomic E-state index is -0.622. The van der Waals surface area contributed by atoms with Gasteiger partial charge in [-0.2, -0.15) is 0 Å². The summed E-state index contributed by atoms with van der Waals surface area (Å²) >= 11 is 0. The second-order valence-electron chi connectivity index (χ2n) is 4.58. The average molecular weight is 311 g/mol. The van der Waals surface area contributed by atoms with Crippen LogP contribution in [0.15, 0.2) is 54.6 Å². The molecule has 6 heteroatoms. The van der Waals surface area contributed by atoms with Crippen molar-refractivity contribution in [2.75, 3.05) is 7.11 Å². The minimum absolute atomic E-state index is 0.207.